The minimum atomic E-state index is -5.26. The molecule has 15 heteroatoms. The summed E-state index contributed by atoms with van der Waals surface area (Å²) in [5, 5.41) is 11.1. The van der Waals surface area contributed by atoms with E-state index in [1.54, 1.807) is 0 Å². The lowest BCUT2D eigenvalue weighted by Gasteiger charge is -2.36. The summed E-state index contributed by atoms with van der Waals surface area (Å²) in [7, 11) is -7.31. The molecule has 2 rings (SSSR count). The van der Waals surface area contributed by atoms with Gasteiger partial charge >= 0.3 is 6.18 Å². The molecule has 1 aromatic carbocycles. The summed E-state index contributed by atoms with van der Waals surface area (Å²) in [5.41, 5.74) is -4.12. The van der Waals surface area contributed by atoms with Crippen molar-refractivity contribution in [1.82, 2.24) is 4.31 Å². The van der Waals surface area contributed by atoms with Crippen LogP contribution in [-0.4, -0.2) is 82.1 Å². The van der Waals surface area contributed by atoms with Crippen molar-refractivity contribution in [3.8, 4) is 0 Å². The molecule has 1 unspecified atom stereocenters. The summed E-state index contributed by atoms with van der Waals surface area (Å²) in [6.07, 6.45) is -4.23. The Hall–Kier alpha value is -1.61. The zero-order chi connectivity index (χ0) is 24.7. The number of benzene rings is 1. The number of alkyl halides is 3. The van der Waals surface area contributed by atoms with Crippen LogP contribution in [0.5, 0.6) is 0 Å². The molecule has 0 radical (unpaired) electrons. The fourth-order valence-electron chi connectivity index (χ4n) is 2.96. The van der Waals surface area contributed by atoms with Gasteiger partial charge in [0.2, 0.25) is 15.6 Å². The third-order valence-corrected chi connectivity index (χ3v) is 8.51. The summed E-state index contributed by atoms with van der Waals surface area (Å²) < 4.78 is 88.8. The molecule has 1 aliphatic rings. The molecular weight excluding hydrogens is 499 g/mol. The Kier molecular flexibility index (Phi) is 7.47. The van der Waals surface area contributed by atoms with Crippen molar-refractivity contribution in [3.63, 3.8) is 0 Å². The van der Waals surface area contributed by atoms with Crippen molar-refractivity contribution in [1.29, 1.82) is 0 Å². The van der Waals surface area contributed by atoms with E-state index in [0.717, 1.165) is 18.4 Å². The van der Waals surface area contributed by atoms with Crippen LogP contribution in [0.2, 0.25) is 5.02 Å². The Morgan fingerprint density at radius 1 is 1.16 bits per heavy atom. The van der Waals surface area contributed by atoms with Crippen LogP contribution >= 0.6 is 11.6 Å². The number of anilines is 2. The summed E-state index contributed by atoms with van der Waals surface area (Å²) in [6.45, 7) is 1.83. The van der Waals surface area contributed by atoms with Crippen LogP contribution in [0.3, 0.4) is 0 Å². The lowest BCUT2D eigenvalue weighted by atomic mass is 10.1. The minimum absolute atomic E-state index is 0.0279. The zero-order valence-corrected chi connectivity index (χ0v) is 19.8. The smallest absolute Gasteiger partial charge is 0.373 e. The normalized spacial score (nSPS) is 18.3. The van der Waals surface area contributed by atoms with Gasteiger partial charge in [-0.2, -0.15) is 17.5 Å². The monoisotopic (exact) mass is 521 g/mol. The molecule has 0 bridgehead atoms. The molecule has 1 atom stereocenters. The highest BCUT2D eigenvalue weighted by atomic mass is 35.5. The van der Waals surface area contributed by atoms with Crippen LogP contribution in [-0.2, 0) is 24.7 Å². The first kappa shape index (κ1) is 26.6. The fraction of sp³-hybridized carbons (Fsp3) is 0.588. The topological polar surface area (TPSA) is 124 Å². The lowest BCUT2D eigenvalue weighted by Crippen LogP contribution is -2.52. The maximum Gasteiger partial charge on any atom is 0.426 e. The van der Waals surface area contributed by atoms with E-state index in [1.807, 2.05) is 5.32 Å². The molecular formula is C17H23ClF3N3O6S2. The number of piperazine rings is 1. The SMILES string of the molecule is CCS(=O)(=O)c1ccc(NC(=O)C(C)(O)C(F)(F)F)c(Cl)c1N1CCN(S(C)(=O)=O)CC1. The van der Waals surface area contributed by atoms with E-state index in [9.17, 15) is 39.9 Å². The molecule has 1 saturated heterocycles. The molecule has 0 aliphatic carbocycles. The Bertz CT molecular complexity index is 1100. The Morgan fingerprint density at radius 2 is 1.69 bits per heavy atom. The van der Waals surface area contributed by atoms with Crippen LogP contribution in [0.4, 0.5) is 24.5 Å². The van der Waals surface area contributed by atoms with Crippen molar-refractivity contribution in [2.24, 2.45) is 0 Å². The fourth-order valence-corrected chi connectivity index (χ4v) is 5.29. The highest BCUT2D eigenvalue weighted by Crippen LogP contribution is 2.40. The average Bonchev–Trinajstić information content (AvgIpc) is 2.67. The first-order valence-corrected chi connectivity index (χ1v) is 13.2. The predicted molar refractivity (Wildman–Crippen MR) is 113 cm³/mol. The highest BCUT2D eigenvalue weighted by molar-refractivity contribution is 7.91. The van der Waals surface area contributed by atoms with Gasteiger partial charge in [0, 0.05) is 26.2 Å². The van der Waals surface area contributed by atoms with E-state index in [2.05, 4.69) is 0 Å². The van der Waals surface area contributed by atoms with E-state index < -0.39 is 37.5 Å². The molecule has 0 saturated carbocycles. The lowest BCUT2D eigenvalue weighted by molar-refractivity contribution is -0.242. The number of sulfonamides is 1. The maximum absolute atomic E-state index is 13.0. The van der Waals surface area contributed by atoms with Gasteiger partial charge in [-0.15, -0.1) is 0 Å². The predicted octanol–water partition coefficient (Wildman–Crippen LogP) is 1.47. The number of carbonyl (C=O) groups is 1. The zero-order valence-electron chi connectivity index (χ0n) is 17.4. The van der Waals surface area contributed by atoms with Crippen molar-refractivity contribution < 1.29 is 39.9 Å². The number of hydrogen-bond acceptors (Lipinski definition) is 7. The van der Waals surface area contributed by atoms with Crippen LogP contribution < -0.4 is 10.2 Å². The molecule has 1 aromatic rings. The van der Waals surface area contributed by atoms with Gasteiger partial charge < -0.3 is 15.3 Å². The van der Waals surface area contributed by atoms with Gasteiger partial charge in [-0.3, -0.25) is 4.79 Å². The number of nitrogens with one attached hydrogen (secondary N) is 1. The summed E-state index contributed by atoms with van der Waals surface area (Å²) in [6, 6.07) is 2.13. The number of sulfone groups is 1. The van der Waals surface area contributed by atoms with E-state index >= 15 is 0 Å². The third kappa shape index (κ3) is 5.30. The summed E-state index contributed by atoms with van der Waals surface area (Å²) in [5.74, 6) is -2.10. The first-order valence-electron chi connectivity index (χ1n) is 9.29. The van der Waals surface area contributed by atoms with Gasteiger partial charge in [-0.05, 0) is 19.1 Å². The third-order valence-electron chi connectivity index (χ3n) is 5.06. The molecule has 32 heavy (non-hydrogen) atoms. The Labute approximate surface area is 189 Å². The molecule has 2 N–H and O–H groups in total. The number of halogens is 4. The molecule has 1 aliphatic heterocycles. The second-order valence-electron chi connectivity index (χ2n) is 7.35. The number of aliphatic hydroxyl groups is 1. The molecule has 0 aromatic heterocycles. The van der Waals surface area contributed by atoms with Crippen molar-refractivity contribution in [2.75, 3.05) is 48.4 Å². The van der Waals surface area contributed by atoms with Gasteiger partial charge in [0.15, 0.2) is 9.84 Å². The second-order valence-corrected chi connectivity index (χ2v) is 12.0. The van der Waals surface area contributed by atoms with Gasteiger partial charge in [-0.25, -0.2) is 16.8 Å². The summed E-state index contributed by atoms with van der Waals surface area (Å²) >= 11 is 6.33. The van der Waals surface area contributed by atoms with Gasteiger partial charge in [0.1, 0.15) is 0 Å². The van der Waals surface area contributed by atoms with Crippen molar-refractivity contribution in [2.45, 2.75) is 30.5 Å². The van der Waals surface area contributed by atoms with E-state index in [0.29, 0.717) is 0 Å². The van der Waals surface area contributed by atoms with Crippen molar-refractivity contribution >= 4 is 48.7 Å². The highest BCUT2D eigenvalue weighted by Gasteiger charge is 2.56. The quantitative estimate of drug-likeness (QED) is 0.581. The van der Waals surface area contributed by atoms with Crippen LogP contribution in [0.1, 0.15) is 13.8 Å². The molecule has 9 nitrogen and oxygen atoms in total. The van der Waals surface area contributed by atoms with Gasteiger partial charge in [-0.1, -0.05) is 18.5 Å². The largest absolute Gasteiger partial charge is 0.426 e. The molecule has 1 heterocycles. The number of carbonyl (C=O) groups excluding carboxylic acids is 1. The Morgan fingerprint density at radius 3 is 2.12 bits per heavy atom. The number of nitrogens with zero attached hydrogens (tertiary/aromatic N) is 2. The summed E-state index contributed by atoms with van der Waals surface area (Å²) in [4.78, 5) is 13.3. The van der Waals surface area contributed by atoms with E-state index in [4.69, 9.17) is 11.6 Å². The van der Waals surface area contributed by atoms with E-state index in [1.165, 1.54) is 16.1 Å². The molecule has 1 fully saturated rings. The van der Waals surface area contributed by atoms with Crippen molar-refractivity contribution in [3.05, 3.63) is 17.2 Å². The molecule has 1 amide bonds. The number of hydrogen-bond donors (Lipinski definition) is 2. The van der Waals surface area contributed by atoms with E-state index in [-0.39, 0.29) is 60.1 Å². The van der Waals surface area contributed by atoms with Gasteiger partial charge in [0.05, 0.1) is 33.3 Å². The number of rotatable bonds is 6. The molecule has 0 spiro atoms. The first-order chi connectivity index (χ1) is 14.4. The molecule has 182 valence electrons. The average molecular weight is 522 g/mol. The van der Waals surface area contributed by atoms with Crippen LogP contribution in [0, 0.1) is 0 Å². The second kappa shape index (κ2) is 8.97. The standard InChI is InChI=1S/C17H23ClF3N3O6S2/c1-4-32(29,30)12-6-5-11(22-15(25)16(2,26)17(19,20)21)13(18)14(12)23-7-9-24(10-8-23)31(3,27)28/h5-6,26H,4,7-10H2,1-3H3,(H,22,25). The van der Waals surface area contributed by atoms with Crippen LogP contribution in [0.25, 0.3) is 0 Å². The maximum atomic E-state index is 13.0. The van der Waals surface area contributed by atoms with Gasteiger partial charge in [0.25, 0.3) is 5.91 Å². The number of amides is 1. The minimum Gasteiger partial charge on any atom is -0.373 e. The van der Waals surface area contributed by atoms with Crippen LogP contribution in [0.15, 0.2) is 17.0 Å². The Balaban J connectivity index is 2.51.